The molecule has 202 valence electrons. The SMILES string of the molecule is NC(c1ccc(N2CCCC2)cc1)N(Cc1ccc(N2CCCC2)cc1)C(=O)Nc1cccc2[nH]c(=O)[nH]c12. The molecular weight excluding hydrogens is 490 g/mol. The number of hydrogen-bond donors (Lipinski definition) is 4. The number of H-pyrrole nitrogens is 2. The molecule has 0 spiro atoms. The predicted octanol–water partition coefficient (Wildman–Crippen LogP) is 4.75. The molecule has 9 heteroatoms. The summed E-state index contributed by atoms with van der Waals surface area (Å²) >= 11 is 0. The highest BCUT2D eigenvalue weighted by Crippen LogP contribution is 2.27. The van der Waals surface area contributed by atoms with Crippen LogP contribution in [0.5, 0.6) is 0 Å². The molecule has 5 N–H and O–H groups in total. The Hall–Kier alpha value is -4.24. The molecule has 2 amide bonds. The van der Waals surface area contributed by atoms with Gasteiger partial charge in [0.05, 0.1) is 16.7 Å². The van der Waals surface area contributed by atoms with E-state index >= 15 is 0 Å². The number of benzene rings is 3. The van der Waals surface area contributed by atoms with Gasteiger partial charge in [-0.25, -0.2) is 9.59 Å². The normalized spacial score (nSPS) is 16.1. The third-order valence-electron chi connectivity index (χ3n) is 7.86. The van der Waals surface area contributed by atoms with Crippen molar-refractivity contribution in [1.29, 1.82) is 0 Å². The van der Waals surface area contributed by atoms with Crippen molar-refractivity contribution < 1.29 is 4.79 Å². The summed E-state index contributed by atoms with van der Waals surface area (Å²) in [6, 6.07) is 21.6. The van der Waals surface area contributed by atoms with Crippen molar-refractivity contribution in [1.82, 2.24) is 14.9 Å². The van der Waals surface area contributed by atoms with Gasteiger partial charge < -0.3 is 35.7 Å². The minimum atomic E-state index is -0.666. The van der Waals surface area contributed by atoms with Crippen molar-refractivity contribution in [2.24, 2.45) is 5.73 Å². The second kappa shape index (κ2) is 10.9. The molecule has 1 aromatic heterocycles. The van der Waals surface area contributed by atoms with Gasteiger partial charge in [-0.3, -0.25) is 0 Å². The van der Waals surface area contributed by atoms with Crippen molar-refractivity contribution in [3.05, 3.63) is 88.3 Å². The third-order valence-corrected chi connectivity index (χ3v) is 7.86. The van der Waals surface area contributed by atoms with Gasteiger partial charge in [-0.2, -0.15) is 0 Å². The van der Waals surface area contributed by atoms with Gasteiger partial charge in [-0.05, 0) is 73.2 Å². The molecular formula is C30H35N7O2. The highest BCUT2D eigenvalue weighted by molar-refractivity contribution is 5.98. The number of aromatic amines is 2. The van der Waals surface area contributed by atoms with E-state index in [2.05, 4.69) is 61.5 Å². The number of nitrogens with zero attached hydrogens (tertiary/aromatic N) is 3. The molecule has 9 nitrogen and oxygen atoms in total. The highest BCUT2D eigenvalue weighted by atomic mass is 16.2. The number of fused-ring (bicyclic) bond motifs is 1. The summed E-state index contributed by atoms with van der Waals surface area (Å²) in [6.45, 7) is 4.64. The summed E-state index contributed by atoms with van der Waals surface area (Å²) in [5.41, 5.74) is 12.4. The fourth-order valence-corrected chi connectivity index (χ4v) is 5.67. The zero-order valence-electron chi connectivity index (χ0n) is 22.0. The van der Waals surface area contributed by atoms with Crippen LogP contribution in [0.15, 0.2) is 71.5 Å². The van der Waals surface area contributed by atoms with Crippen LogP contribution >= 0.6 is 0 Å². The van der Waals surface area contributed by atoms with E-state index in [0.29, 0.717) is 23.3 Å². The van der Waals surface area contributed by atoms with Crippen LogP contribution in [0.4, 0.5) is 21.9 Å². The number of rotatable bonds is 7. The Labute approximate surface area is 227 Å². The lowest BCUT2D eigenvalue weighted by molar-refractivity contribution is 0.185. The zero-order valence-corrected chi connectivity index (χ0v) is 22.0. The van der Waals surface area contributed by atoms with Crippen LogP contribution < -0.4 is 26.5 Å². The van der Waals surface area contributed by atoms with Crippen LogP contribution in [0.25, 0.3) is 11.0 Å². The van der Waals surface area contributed by atoms with E-state index in [9.17, 15) is 9.59 Å². The van der Waals surface area contributed by atoms with E-state index in [-0.39, 0.29) is 11.7 Å². The number of hydrogen-bond acceptors (Lipinski definition) is 5. The van der Waals surface area contributed by atoms with Gasteiger partial charge in [-0.1, -0.05) is 30.3 Å². The summed E-state index contributed by atoms with van der Waals surface area (Å²) in [5, 5.41) is 2.98. The Morgan fingerprint density at radius 2 is 1.44 bits per heavy atom. The van der Waals surface area contributed by atoms with Crippen molar-refractivity contribution >= 4 is 34.1 Å². The second-order valence-corrected chi connectivity index (χ2v) is 10.5. The predicted molar refractivity (Wildman–Crippen MR) is 156 cm³/mol. The molecule has 0 saturated carbocycles. The first-order valence-electron chi connectivity index (χ1n) is 13.8. The summed E-state index contributed by atoms with van der Waals surface area (Å²) in [5.74, 6) is 0. The van der Waals surface area contributed by atoms with Gasteiger partial charge in [0.15, 0.2) is 0 Å². The molecule has 0 radical (unpaired) electrons. The van der Waals surface area contributed by atoms with Gasteiger partial charge in [0.2, 0.25) is 0 Å². The number of carbonyl (C=O) groups excluding carboxylic acids is 1. The Kier molecular flexibility index (Phi) is 6.98. The minimum absolute atomic E-state index is 0.323. The van der Waals surface area contributed by atoms with Crippen LogP contribution in [0.2, 0.25) is 0 Å². The monoisotopic (exact) mass is 525 g/mol. The number of para-hydroxylation sites is 1. The summed E-state index contributed by atoms with van der Waals surface area (Å²) < 4.78 is 0. The largest absolute Gasteiger partial charge is 0.372 e. The fraction of sp³-hybridized carbons (Fsp3) is 0.333. The smallest absolute Gasteiger partial charge is 0.323 e. The number of amides is 2. The third kappa shape index (κ3) is 5.35. The van der Waals surface area contributed by atoms with Gasteiger partial charge >= 0.3 is 11.7 Å². The summed E-state index contributed by atoms with van der Waals surface area (Å²) in [7, 11) is 0. The maximum atomic E-state index is 13.8. The molecule has 39 heavy (non-hydrogen) atoms. The van der Waals surface area contributed by atoms with E-state index < -0.39 is 6.17 Å². The molecule has 4 aromatic rings. The zero-order chi connectivity index (χ0) is 26.8. The first-order valence-corrected chi connectivity index (χ1v) is 13.8. The number of carbonyl (C=O) groups is 1. The molecule has 1 atom stereocenters. The molecule has 3 aromatic carbocycles. The van der Waals surface area contributed by atoms with E-state index in [1.165, 1.54) is 37.1 Å². The topological polar surface area (TPSA) is 113 Å². The fourth-order valence-electron chi connectivity index (χ4n) is 5.67. The number of nitrogens with one attached hydrogen (secondary N) is 3. The Morgan fingerprint density at radius 3 is 2.05 bits per heavy atom. The van der Waals surface area contributed by atoms with Crippen LogP contribution in [0.3, 0.4) is 0 Å². The summed E-state index contributed by atoms with van der Waals surface area (Å²) in [6.07, 6.45) is 4.21. The van der Waals surface area contributed by atoms with Crippen molar-refractivity contribution in [3.63, 3.8) is 0 Å². The number of anilines is 3. The number of nitrogens with two attached hydrogens (primary N) is 1. The quantitative estimate of drug-likeness (QED) is 0.260. The molecule has 6 rings (SSSR count). The summed E-state index contributed by atoms with van der Waals surface area (Å²) in [4.78, 5) is 37.5. The van der Waals surface area contributed by atoms with E-state index in [0.717, 1.165) is 37.3 Å². The Morgan fingerprint density at radius 1 is 0.846 bits per heavy atom. The highest BCUT2D eigenvalue weighted by Gasteiger charge is 2.24. The molecule has 2 aliphatic rings. The first-order chi connectivity index (χ1) is 19.0. The average molecular weight is 526 g/mol. The number of urea groups is 1. The van der Waals surface area contributed by atoms with Gasteiger partial charge in [0.25, 0.3) is 0 Å². The van der Waals surface area contributed by atoms with Crippen molar-refractivity contribution in [3.8, 4) is 0 Å². The van der Waals surface area contributed by atoms with E-state index in [1.54, 1.807) is 23.1 Å². The molecule has 0 aliphatic carbocycles. The Balaban J connectivity index is 1.26. The van der Waals surface area contributed by atoms with Gasteiger partial charge in [0, 0.05) is 44.1 Å². The van der Waals surface area contributed by atoms with Gasteiger partial charge in [-0.15, -0.1) is 0 Å². The van der Waals surface area contributed by atoms with Crippen molar-refractivity contribution in [2.75, 3.05) is 41.3 Å². The van der Waals surface area contributed by atoms with Crippen LogP contribution in [0.1, 0.15) is 43.0 Å². The van der Waals surface area contributed by atoms with Crippen LogP contribution in [0, 0.1) is 0 Å². The molecule has 0 bridgehead atoms. The lowest BCUT2D eigenvalue weighted by atomic mass is 10.1. The minimum Gasteiger partial charge on any atom is -0.372 e. The van der Waals surface area contributed by atoms with Gasteiger partial charge in [0.1, 0.15) is 6.17 Å². The Bertz CT molecular complexity index is 1480. The van der Waals surface area contributed by atoms with Crippen molar-refractivity contribution in [2.45, 2.75) is 38.4 Å². The number of imidazole rings is 1. The van der Waals surface area contributed by atoms with Crippen LogP contribution in [-0.2, 0) is 6.54 Å². The molecule has 1 unspecified atom stereocenters. The maximum Gasteiger partial charge on any atom is 0.323 e. The molecule has 2 saturated heterocycles. The molecule has 2 aliphatic heterocycles. The van der Waals surface area contributed by atoms with E-state index in [1.807, 2.05) is 12.1 Å². The first kappa shape index (κ1) is 25.1. The average Bonchev–Trinajstić information content (AvgIpc) is 3.74. The van der Waals surface area contributed by atoms with Crippen LogP contribution in [-0.4, -0.2) is 47.1 Å². The lowest BCUT2D eigenvalue weighted by Gasteiger charge is -2.30. The number of aromatic nitrogens is 2. The second-order valence-electron chi connectivity index (χ2n) is 10.5. The lowest BCUT2D eigenvalue weighted by Crippen LogP contribution is -2.41. The molecule has 2 fully saturated rings. The maximum absolute atomic E-state index is 13.8. The molecule has 3 heterocycles. The standard InChI is InChI=1S/C30H35N7O2/c31-28(22-10-14-24(15-11-22)36-18-3-4-19-36)37(20-21-8-12-23(13-9-21)35-16-1-2-17-35)30(39)33-26-7-5-6-25-27(26)34-29(38)32-25/h5-15,28H,1-4,16-20,31H2,(H,33,39)(H2,32,34,38). The van der Waals surface area contributed by atoms with E-state index in [4.69, 9.17) is 5.73 Å².